The summed E-state index contributed by atoms with van der Waals surface area (Å²) in [7, 11) is 1.64. The first kappa shape index (κ1) is 38.5. The molecule has 9 rings (SSSR count). The molecule has 2 aromatic heterocycles. The minimum atomic E-state index is -0.703. The van der Waals surface area contributed by atoms with Gasteiger partial charge in [-0.05, 0) is 126 Å². The molecule has 0 unspecified atom stereocenters. The Morgan fingerprint density at radius 1 is 0.931 bits per heavy atom. The van der Waals surface area contributed by atoms with Crippen molar-refractivity contribution in [2.24, 2.45) is 5.41 Å². The van der Waals surface area contributed by atoms with E-state index in [0.717, 1.165) is 83.6 Å². The quantitative estimate of drug-likeness (QED) is 0.193. The van der Waals surface area contributed by atoms with Gasteiger partial charge in [-0.1, -0.05) is 32.0 Å². The van der Waals surface area contributed by atoms with Gasteiger partial charge in [0.25, 0.3) is 5.91 Å². The van der Waals surface area contributed by atoms with E-state index in [1.54, 1.807) is 11.9 Å². The van der Waals surface area contributed by atoms with Crippen molar-refractivity contribution in [3.8, 4) is 11.3 Å². The maximum absolute atomic E-state index is 15.0. The predicted molar refractivity (Wildman–Crippen MR) is 227 cm³/mol. The first-order chi connectivity index (χ1) is 27.6. The smallest absolute Gasteiger partial charge is 0.410 e. The monoisotopic (exact) mass is 786 g/mol. The third-order valence-electron chi connectivity index (χ3n) is 13.3. The van der Waals surface area contributed by atoms with Gasteiger partial charge in [0.1, 0.15) is 11.1 Å². The number of anilines is 3. The summed E-state index contributed by atoms with van der Waals surface area (Å²) in [5.41, 5.74) is 6.73. The lowest BCUT2D eigenvalue weighted by atomic mass is 9.73. The van der Waals surface area contributed by atoms with Gasteiger partial charge in [0.05, 0.1) is 23.0 Å². The Morgan fingerprint density at radius 2 is 1.69 bits per heavy atom. The Morgan fingerprint density at radius 3 is 2.38 bits per heavy atom. The lowest BCUT2D eigenvalue weighted by Crippen LogP contribution is -2.59. The predicted octanol–water partition coefficient (Wildman–Crippen LogP) is 8.11. The molecule has 0 atom stereocenters. The van der Waals surface area contributed by atoms with Gasteiger partial charge in [-0.25, -0.2) is 14.8 Å². The molecule has 5 aliphatic rings. The zero-order valence-electron chi connectivity index (χ0n) is 35.2. The zero-order chi connectivity index (χ0) is 40.7. The number of hydrogen-bond acceptors (Lipinski definition) is 8. The van der Waals surface area contributed by atoms with Crippen LogP contribution in [0.5, 0.6) is 0 Å². The van der Waals surface area contributed by atoms with Crippen molar-refractivity contribution in [2.45, 2.75) is 122 Å². The number of nitrogens with one attached hydrogen (secondary N) is 2. The fourth-order valence-electron chi connectivity index (χ4n) is 9.98. The molecule has 5 heterocycles. The van der Waals surface area contributed by atoms with Gasteiger partial charge in [0.2, 0.25) is 5.91 Å². The summed E-state index contributed by atoms with van der Waals surface area (Å²) in [5, 5.41) is 6.32. The summed E-state index contributed by atoms with van der Waals surface area (Å²) >= 11 is 0. The number of rotatable bonds is 7. The first-order valence-corrected chi connectivity index (χ1v) is 21.3. The van der Waals surface area contributed by atoms with Crippen molar-refractivity contribution < 1.29 is 19.1 Å². The number of likely N-dealkylation sites (tertiary alicyclic amines) is 2. The average Bonchev–Trinajstić information content (AvgIpc) is 3.88. The van der Waals surface area contributed by atoms with E-state index in [4.69, 9.17) is 14.7 Å². The molecule has 12 nitrogen and oxygen atoms in total. The van der Waals surface area contributed by atoms with E-state index in [-0.39, 0.29) is 23.9 Å². The number of aryl methyl sites for hydroxylation is 1. The Kier molecular flexibility index (Phi) is 9.37. The average molecular weight is 787 g/mol. The molecule has 2 N–H and O–H groups in total. The topological polar surface area (TPSA) is 125 Å². The fraction of sp³-hybridized carbons (Fsp3) is 0.543. The van der Waals surface area contributed by atoms with Crippen LogP contribution in [0.3, 0.4) is 0 Å². The summed E-state index contributed by atoms with van der Waals surface area (Å²) in [6.45, 7) is 15.5. The van der Waals surface area contributed by atoms with Gasteiger partial charge in [-0.15, -0.1) is 0 Å². The number of hydrogen-bond donors (Lipinski definition) is 2. The number of carbonyl (C=O) groups excluding carboxylic acids is 3. The number of nitrogens with zero attached hydrogens (tertiary/aromatic N) is 6. The van der Waals surface area contributed by atoms with Crippen molar-refractivity contribution in [3.63, 3.8) is 0 Å². The summed E-state index contributed by atoms with van der Waals surface area (Å²) < 4.78 is 7.95. The van der Waals surface area contributed by atoms with Gasteiger partial charge in [-0.3, -0.25) is 14.5 Å². The molecule has 2 aliphatic carbocycles. The molecule has 0 radical (unpaired) electrons. The van der Waals surface area contributed by atoms with E-state index < -0.39 is 11.0 Å². The van der Waals surface area contributed by atoms with Gasteiger partial charge >= 0.3 is 6.09 Å². The van der Waals surface area contributed by atoms with E-state index in [1.807, 2.05) is 52.2 Å². The highest BCUT2D eigenvalue weighted by Gasteiger charge is 2.56. The number of benzene rings is 2. The number of imidazole rings is 1. The second-order valence-corrected chi connectivity index (χ2v) is 19.3. The molecule has 4 fully saturated rings. The van der Waals surface area contributed by atoms with E-state index in [1.165, 1.54) is 12.8 Å². The Labute approximate surface area is 341 Å². The van der Waals surface area contributed by atoms with Crippen molar-refractivity contribution in [2.75, 3.05) is 43.4 Å². The summed E-state index contributed by atoms with van der Waals surface area (Å²) in [6.07, 6.45) is 9.27. The number of carbonyl (C=O) groups is 3. The molecule has 3 aliphatic heterocycles. The number of ether oxygens (including phenoxy) is 1. The van der Waals surface area contributed by atoms with Crippen LogP contribution in [0.2, 0.25) is 0 Å². The highest BCUT2D eigenvalue weighted by Crippen LogP contribution is 2.52. The SMILES string of the molecule is CNC(=O)c1cc(Nc2nc(-c3ccc4c(c3)N([C@H]3C[C@@H](N5CCCC(C)(C)C5)C3)C(=O)C43CCN(C(=O)OC(C)(C)C)CC3)cc3ncn(C4CC4)c23)ccc1C. The van der Waals surface area contributed by atoms with Crippen molar-refractivity contribution in [3.05, 3.63) is 65.5 Å². The van der Waals surface area contributed by atoms with Gasteiger partial charge in [0.15, 0.2) is 5.82 Å². The van der Waals surface area contributed by atoms with E-state index in [0.29, 0.717) is 54.8 Å². The molecule has 2 aromatic carbocycles. The summed E-state index contributed by atoms with van der Waals surface area (Å²) in [4.78, 5) is 57.6. The maximum atomic E-state index is 15.0. The zero-order valence-corrected chi connectivity index (χ0v) is 35.2. The largest absolute Gasteiger partial charge is 0.444 e. The van der Waals surface area contributed by atoms with Crippen LogP contribution in [0.15, 0.2) is 48.8 Å². The molecule has 1 spiro atoms. The molecule has 3 amide bonds. The third kappa shape index (κ3) is 6.90. The van der Waals surface area contributed by atoms with E-state index >= 15 is 4.79 Å². The van der Waals surface area contributed by atoms with Crippen LogP contribution in [-0.2, 0) is 14.9 Å². The maximum Gasteiger partial charge on any atom is 0.410 e. The minimum absolute atomic E-state index is 0.109. The number of amides is 3. The molecule has 12 heteroatoms. The van der Waals surface area contributed by atoms with Crippen molar-refractivity contribution >= 4 is 46.1 Å². The standard InChI is InChI=1S/C46H58N8O4/c1-28-9-11-30(22-34(28)41(55)47-7)49-40-39-37(48-27-53(39)31-12-13-31)25-36(50-40)29-10-14-35-38(21-29)54(33-23-32(24-33)52-18-8-15-45(5,6)26-52)42(56)46(35)16-19-51(20-17-46)43(57)58-44(2,3)4/h9-11,14,21-22,25,27,31-33H,8,12-13,15-20,23-24,26H2,1-7H3,(H,47,55)(H,49,50)/t32-,33+. The minimum Gasteiger partial charge on any atom is -0.444 e. The van der Waals surface area contributed by atoms with Gasteiger partial charge < -0.3 is 29.7 Å². The van der Waals surface area contributed by atoms with Crippen LogP contribution >= 0.6 is 0 Å². The van der Waals surface area contributed by atoms with E-state index in [9.17, 15) is 9.59 Å². The Hall–Kier alpha value is -4.97. The van der Waals surface area contributed by atoms with Crippen LogP contribution in [0, 0.1) is 12.3 Å². The first-order valence-electron chi connectivity index (χ1n) is 21.3. The van der Waals surface area contributed by atoms with Gasteiger partial charge in [0, 0.05) is 67.3 Å². The second kappa shape index (κ2) is 14.1. The lowest BCUT2D eigenvalue weighted by Gasteiger charge is -2.50. The highest BCUT2D eigenvalue weighted by atomic mass is 16.6. The van der Waals surface area contributed by atoms with Crippen LogP contribution in [0.4, 0.5) is 22.0 Å². The Balaban J connectivity index is 1.08. The molecule has 2 saturated heterocycles. The van der Waals surface area contributed by atoms with Crippen LogP contribution in [0.1, 0.15) is 114 Å². The molecule has 4 aromatic rings. The molecule has 306 valence electrons. The molecule has 2 saturated carbocycles. The normalized spacial score (nSPS) is 22.8. The van der Waals surface area contributed by atoms with Crippen LogP contribution in [-0.4, -0.2) is 93.2 Å². The lowest BCUT2D eigenvalue weighted by molar-refractivity contribution is -0.126. The number of fused-ring (bicyclic) bond motifs is 3. The molecule has 58 heavy (non-hydrogen) atoms. The molecular weight excluding hydrogens is 729 g/mol. The summed E-state index contributed by atoms with van der Waals surface area (Å²) in [6, 6.07) is 15.2. The number of piperidine rings is 2. The highest BCUT2D eigenvalue weighted by molar-refractivity contribution is 6.09. The Bertz CT molecular complexity index is 2290. The molecule has 0 bridgehead atoms. The molecular formula is C46H58N8O4. The number of aromatic nitrogens is 3. The fourth-order valence-corrected chi connectivity index (χ4v) is 9.98. The van der Waals surface area contributed by atoms with Crippen LogP contribution < -0.4 is 15.5 Å². The van der Waals surface area contributed by atoms with E-state index in [2.05, 4.69) is 63.1 Å². The third-order valence-corrected chi connectivity index (χ3v) is 13.3. The second-order valence-electron chi connectivity index (χ2n) is 19.3. The van der Waals surface area contributed by atoms with Gasteiger partial charge in [-0.2, -0.15) is 0 Å². The van der Waals surface area contributed by atoms with Crippen molar-refractivity contribution in [1.29, 1.82) is 0 Å². The van der Waals surface area contributed by atoms with Crippen molar-refractivity contribution in [1.82, 2.24) is 29.7 Å². The number of pyridine rings is 1. The summed E-state index contributed by atoms with van der Waals surface area (Å²) in [5.74, 6) is 0.694. The van der Waals surface area contributed by atoms with Crippen LogP contribution in [0.25, 0.3) is 22.3 Å².